The van der Waals surface area contributed by atoms with Crippen LogP contribution >= 0.6 is 34.5 Å². The fraction of sp³-hybridized carbons (Fsp3) is 0.273. The van der Waals surface area contributed by atoms with Gasteiger partial charge in [0.1, 0.15) is 5.69 Å². The van der Waals surface area contributed by atoms with E-state index in [9.17, 15) is 14.4 Å². The topological polar surface area (TPSA) is 110 Å². The number of thiazole rings is 1. The number of nitrogens with zero attached hydrogens (tertiary/aromatic N) is 1. The van der Waals surface area contributed by atoms with Crippen molar-refractivity contribution in [1.29, 1.82) is 0 Å². The van der Waals surface area contributed by atoms with Gasteiger partial charge in [-0.2, -0.15) is 0 Å². The van der Waals surface area contributed by atoms with Gasteiger partial charge in [-0.3, -0.25) is 10.1 Å². The molecule has 2 heterocycles. The number of H-pyrrole nitrogens is 1. The number of carbonyl (C=O) groups excluding carboxylic acids is 3. The van der Waals surface area contributed by atoms with Crippen LogP contribution in [0.15, 0.2) is 23.6 Å². The molecule has 0 fully saturated rings. The third-order valence-electron chi connectivity index (χ3n) is 4.72. The van der Waals surface area contributed by atoms with Crippen LogP contribution in [-0.2, 0) is 14.3 Å². The molecule has 2 N–H and O–H groups in total. The van der Waals surface area contributed by atoms with Gasteiger partial charge in [0.05, 0.1) is 27.9 Å². The lowest BCUT2D eigenvalue weighted by atomic mass is 10.1. The van der Waals surface area contributed by atoms with E-state index in [1.54, 1.807) is 44.4 Å². The Morgan fingerprint density at radius 1 is 1.18 bits per heavy atom. The van der Waals surface area contributed by atoms with E-state index in [4.69, 9.17) is 32.7 Å². The molecule has 33 heavy (non-hydrogen) atoms. The van der Waals surface area contributed by atoms with Crippen molar-refractivity contribution >= 4 is 57.5 Å². The van der Waals surface area contributed by atoms with Crippen LogP contribution in [-0.4, -0.2) is 40.5 Å². The van der Waals surface area contributed by atoms with Crippen molar-refractivity contribution in [3.63, 3.8) is 0 Å². The van der Waals surface area contributed by atoms with Crippen molar-refractivity contribution in [2.45, 2.75) is 33.8 Å². The van der Waals surface area contributed by atoms with Crippen LogP contribution in [0.2, 0.25) is 10.0 Å². The third kappa shape index (κ3) is 5.55. The summed E-state index contributed by atoms with van der Waals surface area (Å²) in [4.78, 5) is 44.5. The van der Waals surface area contributed by atoms with Gasteiger partial charge in [0.15, 0.2) is 11.2 Å². The number of aryl methyl sites for hydroxylation is 1. The Morgan fingerprint density at radius 3 is 2.58 bits per heavy atom. The summed E-state index contributed by atoms with van der Waals surface area (Å²) in [6.45, 7) is 6.59. The number of nitrogens with one attached hydrogen (secondary N) is 2. The Hall–Kier alpha value is -2.88. The second kappa shape index (κ2) is 10.4. The second-order valence-corrected chi connectivity index (χ2v) is 8.72. The Labute approximate surface area is 204 Å². The second-order valence-electron chi connectivity index (χ2n) is 7.05. The smallest absolute Gasteiger partial charge is 0.355 e. The number of aromatic nitrogens is 2. The Kier molecular flexibility index (Phi) is 7.78. The molecule has 2 aromatic heterocycles. The molecule has 0 saturated heterocycles. The van der Waals surface area contributed by atoms with Gasteiger partial charge in [0.2, 0.25) is 0 Å². The highest BCUT2D eigenvalue weighted by Crippen LogP contribution is 2.30. The van der Waals surface area contributed by atoms with E-state index in [1.807, 2.05) is 0 Å². The van der Waals surface area contributed by atoms with Crippen LogP contribution in [0.3, 0.4) is 0 Å². The first kappa shape index (κ1) is 24.8. The van der Waals surface area contributed by atoms with E-state index in [1.165, 1.54) is 18.3 Å². The number of carbonyl (C=O) groups is 3. The molecule has 8 nitrogen and oxygen atoms in total. The van der Waals surface area contributed by atoms with Crippen molar-refractivity contribution in [2.75, 3.05) is 11.9 Å². The van der Waals surface area contributed by atoms with E-state index < -0.39 is 23.9 Å². The van der Waals surface area contributed by atoms with Crippen molar-refractivity contribution in [3.05, 3.63) is 56.1 Å². The van der Waals surface area contributed by atoms with Gasteiger partial charge in [-0.05, 0) is 45.4 Å². The largest absolute Gasteiger partial charge is 0.461 e. The van der Waals surface area contributed by atoms with E-state index >= 15 is 0 Å². The summed E-state index contributed by atoms with van der Waals surface area (Å²) >= 11 is 13.2. The zero-order valence-electron chi connectivity index (χ0n) is 18.2. The molecule has 1 aromatic carbocycles. The maximum atomic E-state index is 12.7. The van der Waals surface area contributed by atoms with Gasteiger partial charge < -0.3 is 14.5 Å². The highest BCUT2D eigenvalue weighted by Gasteiger charge is 2.27. The minimum Gasteiger partial charge on any atom is -0.461 e. The number of hydrogen-bond donors (Lipinski definition) is 2. The summed E-state index contributed by atoms with van der Waals surface area (Å²) < 4.78 is 10.3. The maximum absolute atomic E-state index is 12.7. The normalized spacial score (nSPS) is 11.7. The molecular weight excluding hydrogens is 489 g/mol. The van der Waals surface area contributed by atoms with Gasteiger partial charge in [0.25, 0.3) is 5.91 Å². The van der Waals surface area contributed by atoms with Gasteiger partial charge in [-0.1, -0.05) is 29.3 Å². The molecule has 0 aliphatic rings. The maximum Gasteiger partial charge on any atom is 0.355 e. The summed E-state index contributed by atoms with van der Waals surface area (Å²) in [5, 5.41) is 5.56. The van der Waals surface area contributed by atoms with Crippen molar-refractivity contribution in [2.24, 2.45) is 0 Å². The molecule has 0 aliphatic heterocycles. The highest BCUT2D eigenvalue weighted by atomic mass is 35.5. The number of esters is 2. The van der Waals surface area contributed by atoms with E-state index in [0.717, 1.165) is 5.56 Å². The molecule has 3 aromatic rings. The molecule has 3 rings (SSSR count). The van der Waals surface area contributed by atoms with Crippen LogP contribution in [0.4, 0.5) is 5.13 Å². The molecule has 1 amide bonds. The van der Waals surface area contributed by atoms with Crippen molar-refractivity contribution < 1.29 is 23.9 Å². The molecule has 0 aliphatic carbocycles. The van der Waals surface area contributed by atoms with Crippen LogP contribution in [0.25, 0.3) is 11.3 Å². The monoisotopic (exact) mass is 509 g/mol. The number of halogens is 2. The number of hydrogen-bond acceptors (Lipinski definition) is 7. The Bertz CT molecular complexity index is 1220. The Morgan fingerprint density at radius 2 is 1.91 bits per heavy atom. The average molecular weight is 510 g/mol. The zero-order valence-corrected chi connectivity index (χ0v) is 20.6. The van der Waals surface area contributed by atoms with E-state index in [-0.39, 0.29) is 17.9 Å². The number of benzene rings is 1. The minimum atomic E-state index is -1.10. The average Bonchev–Trinajstić information content (AvgIpc) is 3.34. The Balaban J connectivity index is 1.67. The number of rotatable bonds is 7. The predicted molar refractivity (Wildman–Crippen MR) is 127 cm³/mol. The van der Waals surface area contributed by atoms with Crippen LogP contribution in [0.1, 0.15) is 46.0 Å². The summed E-state index contributed by atoms with van der Waals surface area (Å²) in [5.74, 6) is -1.84. The first-order chi connectivity index (χ1) is 15.6. The number of anilines is 1. The summed E-state index contributed by atoms with van der Waals surface area (Å²) in [5.41, 5.74) is 2.57. The highest BCUT2D eigenvalue weighted by molar-refractivity contribution is 7.14. The van der Waals surface area contributed by atoms with Crippen LogP contribution in [0.5, 0.6) is 0 Å². The van der Waals surface area contributed by atoms with Gasteiger partial charge in [-0.15, -0.1) is 11.3 Å². The fourth-order valence-corrected chi connectivity index (χ4v) is 4.08. The molecule has 0 saturated carbocycles. The molecule has 11 heteroatoms. The molecule has 0 spiro atoms. The minimum absolute atomic E-state index is 0.177. The van der Waals surface area contributed by atoms with Crippen molar-refractivity contribution in [3.8, 4) is 11.3 Å². The lowest BCUT2D eigenvalue weighted by molar-refractivity contribution is -0.123. The summed E-state index contributed by atoms with van der Waals surface area (Å²) in [6.07, 6.45) is -1.10. The number of ether oxygens (including phenoxy) is 2. The molecular formula is C22H21Cl2N3O5S. The van der Waals surface area contributed by atoms with Crippen molar-refractivity contribution in [1.82, 2.24) is 9.97 Å². The van der Waals surface area contributed by atoms with Gasteiger partial charge in [-0.25, -0.2) is 14.6 Å². The summed E-state index contributed by atoms with van der Waals surface area (Å²) in [6, 6.07) is 5.11. The predicted octanol–water partition coefficient (Wildman–Crippen LogP) is 5.42. The first-order valence-corrected chi connectivity index (χ1v) is 11.5. The molecule has 0 radical (unpaired) electrons. The third-order valence-corrected chi connectivity index (χ3v) is 6.22. The standard InChI is InChI=1S/C22H21Cl2N3O5S/c1-5-31-21(30)18-10(2)17(11(3)25-18)20(29)32-12(4)19(28)27-22-26-16(9-33-22)13-6-7-14(23)15(24)8-13/h6-9,12,25H,5H2,1-4H3,(H,26,27,28). The zero-order chi connectivity index (χ0) is 24.3. The fourth-order valence-electron chi connectivity index (χ4n) is 3.06. The lowest BCUT2D eigenvalue weighted by Crippen LogP contribution is -2.30. The number of aromatic amines is 1. The molecule has 1 atom stereocenters. The summed E-state index contributed by atoms with van der Waals surface area (Å²) in [7, 11) is 0. The van der Waals surface area contributed by atoms with Crippen LogP contribution in [0, 0.1) is 13.8 Å². The number of amides is 1. The van der Waals surface area contributed by atoms with Gasteiger partial charge >= 0.3 is 11.9 Å². The first-order valence-electron chi connectivity index (χ1n) is 9.91. The van der Waals surface area contributed by atoms with E-state index in [2.05, 4.69) is 15.3 Å². The molecule has 0 bridgehead atoms. The molecule has 174 valence electrons. The lowest BCUT2D eigenvalue weighted by Gasteiger charge is -2.12. The van der Waals surface area contributed by atoms with Crippen LogP contribution < -0.4 is 5.32 Å². The van der Waals surface area contributed by atoms with Gasteiger partial charge in [0, 0.05) is 16.6 Å². The quantitative estimate of drug-likeness (QED) is 0.411. The van der Waals surface area contributed by atoms with E-state index in [0.29, 0.717) is 32.1 Å². The molecule has 1 unspecified atom stereocenters. The SMILES string of the molecule is CCOC(=O)c1[nH]c(C)c(C(=O)OC(C)C(=O)Nc2nc(-c3ccc(Cl)c(Cl)c3)cs2)c1C.